The van der Waals surface area contributed by atoms with Gasteiger partial charge in [0.1, 0.15) is 17.3 Å². The Labute approximate surface area is 159 Å². The van der Waals surface area contributed by atoms with Crippen LogP contribution in [-0.2, 0) is 0 Å². The number of β-amino-alcohol motifs (C(OH)–C–C–N with tert-alkyl or cyclic N) is 1. The second-order valence-electron chi connectivity index (χ2n) is 7.97. The van der Waals surface area contributed by atoms with E-state index < -0.39 is 6.10 Å². The second kappa shape index (κ2) is 7.49. The molecule has 2 aromatic rings. The monoisotopic (exact) mass is 371 g/mol. The first-order chi connectivity index (χ1) is 13.0. The third-order valence-electron chi connectivity index (χ3n) is 5.94. The van der Waals surface area contributed by atoms with Gasteiger partial charge in [-0.15, -0.1) is 0 Å². The number of rotatable bonds is 5. The standard InChI is InChI=1S/C22H26FNO3/c1-14-2-7-19(10-21(14)23)27-20-8-16-11-24(12-17(16)9-20)13-22(26)15-3-5-18(25)6-4-15/h2-7,10,16-17,20,22,25-26H,8-9,11-13H2,1H3/t16-,17+,20+,22?. The van der Waals surface area contributed by atoms with Crippen LogP contribution in [0.1, 0.15) is 30.1 Å². The molecule has 144 valence electrons. The Hall–Kier alpha value is -2.11. The number of nitrogens with zero attached hydrogens (tertiary/aromatic N) is 1. The third kappa shape index (κ3) is 4.09. The molecular weight excluding hydrogens is 345 g/mol. The maximum absolute atomic E-state index is 13.7. The summed E-state index contributed by atoms with van der Waals surface area (Å²) in [7, 11) is 0. The molecule has 0 spiro atoms. The van der Waals surface area contributed by atoms with Crippen LogP contribution in [0.25, 0.3) is 0 Å². The summed E-state index contributed by atoms with van der Waals surface area (Å²) in [4.78, 5) is 2.31. The highest BCUT2D eigenvalue weighted by Crippen LogP contribution is 2.40. The van der Waals surface area contributed by atoms with E-state index in [0.29, 0.717) is 29.7 Å². The molecule has 4 nitrogen and oxygen atoms in total. The number of aliphatic hydroxyl groups excluding tert-OH is 1. The lowest BCUT2D eigenvalue weighted by molar-refractivity contribution is 0.116. The summed E-state index contributed by atoms with van der Waals surface area (Å²) in [6, 6.07) is 11.8. The largest absolute Gasteiger partial charge is 0.508 e. The summed E-state index contributed by atoms with van der Waals surface area (Å²) in [5.41, 5.74) is 1.46. The normalized spacial score (nSPS) is 26.1. The van der Waals surface area contributed by atoms with E-state index in [-0.39, 0.29) is 17.7 Å². The molecular formula is C22H26FNO3. The average Bonchev–Trinajstić information content (AvgIpc) is 3.16. The molecule has 1 unspecified atom stereocenters. The van der Waals surface area contributed by atoms with Gasteiger partial charge in [0.05, 0.1) is 12.2 Å². The zero-order valence-corrected chi connectivity index (χ0v) is 15.5. The number of phenolic OH excluding ortho intramolecular Hbond substituents is 1. The molecule has 0 aromatic heterocycles. The molecule has 2 fully saturated rings. The molecule has 5 heteroatoms. The fraction of sp³-hybridized carbons (Fsp3) is 0.455. The van der Waals surface area contributed by atoms with E-state index in [1.807, 2.05) is 6.07 Å². The van der Waals surface area contributed by atoms with Crippen LogP contribution in [0.2, 0.25) is 0 Å². The maximum atomic E-state index is 13.7. The van der Waals surface area contributed by atoms with Crippen LogP contribution in [-0.4, -0.2) is 40.9 Å². The number of aryl methyl sites for hydroxylation is 1. The number of aromatic hydroxyl groups is 1. The van der Waals surface area contributed by atoms with Crippen molar-refractivity contribution in [2.45, 2.75) is 32.0 Å². The average molecular weight is 371 g/mol. The van der Waals surface area contributed by atoms with Crippen molar-refractivity contribution in [3.05, 3.63) is 59.4 Å². The second-order valence-corrected chi connectivity index (χ2v) is 7.97. The first kappa shape index (κ1) is 18.3. The van der Waals surface area contributed by atoms with E-state index >= 15 is 0 Å². The maximum Gasteiger partial charge on any atom is 0.129 e. The Kier molecular flexibility index (Phi) is 5.06. The lowest BCUT2D eigenvalue weighted by atomic mass is 10.0. The van der Waals surface area contributed by atoms with Crippen LogP contribution >= 0.6 is 0 Å². The van der Waals surface area contributed by atoms with Gasteiger partial charge in [-0.3, -0.25) is 4.90 Å². The summed E-state index contributed by atoms with van der Waals surface area (Å²) >= 11 is 0. The van der Waals surface area contributed by atoms with E-state index in [0.717, 1.165) is 31.5 Å². The van der Waals surface area contributed by atoms with E-state index in [1.54, 1.807) is 37.3 Å². The van der Waals surface area contributed by atoms with Gasteiger partial charge >= 0.3 is 0 Å². The summed E-state index contributed by atoms with van der Waals surface area (Å²) in [5, 5.41) is 19.8. The van der Waals surface area contributed by atoms with Crippen molar-refractivity contribution >= 4 is 0 Å². The van der Waals surface area contributed by atoms with Crippen molar-refractivity contribution in [3.8, 4) is 11.5 Å². The fourth-order valence-electron chi connectivity index (χ4n) is 4.47. The molecule has 0 amide bonds. The highest BCUT2D eigenvalue weighted by Gasteiger charge is 2.42. The van der Waals surface area contributed by atoms with Crippen molar-refractivity contribution in [1.82, 2.24) is 4.90 Å². The van der Waals surface area contributed by atoms with Crippen molar-refractivity contribution < 1.29 is 19.3 Å². The van der Waals surface area contributed by atoms with Crippen LogP contribution in [0, 0.1) is 24.6 Å². The van der Waals surface area contributed by atoms with Gasteiger partial charge in [0, 0.05) is 25.7 Å². The zero-order chi connectivity index (χ0) is 19.0. The molecule has 1 aliphatic heterocycles. The number of phenols is 1. The van der Waals surface area contributed by atoms with Gasteiger partial charge in [-0.05, 0) is 60.9 Å². The van der Waals surface area contributed by atoms with Gasteiger partial charge in [0.25, 0.3) is 0 Å². The number of fused-ring (bicyclic) bond motifs is 1. The molecule has 2 aliphatic rings. The van der Waals surface area contributed by atoms with Crippen LogP contribution in [0.4, 0.5) is 4.39 Å². The lowest BCUT2D eigenvalue weighted by Crippen LogP contribution is -2.28. The predicted molar refractivity (Wildman–Crippen MR) is 101 cm³/mol. The number of benzene rings is 2. The minimum Gasteiger partial charge on any atom is -0.508 e. The van der Waals surface area contributed by atoms with Crippen molar-refractivity contribution in [3.63, 3.8) is 0 Å². The summed E-state index contributed by atoms with van der Waals surface area (Å²) < 4.78 is 19.7. The molecule has 4 atom stereocenters. The molecule has 27 heavy (non-hydrogen) atoms. The minimum absolute atomic E-state index is 0.145. The van der Waals surface area contributed by atoms with Crippen LogP contribution < -0.4 is 4.74 Å². The van der Waals surface area contributed by atoms with Crippen LogP contribution in [0.3, 0.4) is 0 Å². The Morgan fingerprint density at radius 3 is 2.41 bits per heavy atom. The molecule has 1 saturated heterocycles. The topological polar surface area (TPSA) is 52.9 Å². The number of hydrogen-bond donors (Lipinski definition) is 2. The van der Waals surface area contributed by atoms with Crippen molar-refractivity contribution in [1.29, 1.82) is 0 Å². The van der Waals surface area contributed by atoms with Gasteiger partial charge in [-0.25, -0.2) is 4.39 Å². The van der Waals surface area contributed by atoms with Crippen molar-refractivity contribution in [2.75, 3.05) is 19.6 Å². The summed E-state index contributed by atoms with van der Waals surface area (Å²) in [6.45, 7) is 4.27. The Bertz CT molecular complexity index is 781. The van der Waals surface area contributed by atoms with Crippen LogP contribution in [0.5, 0.6) is 11.5 Å². The number of halogens is 1. The molecule has 1 saturated carbocycles. The van der Waals surface area contributed by atoms with Crippen molar-refractivity contribution in [2.24, 2.45) is 11.8 Å². The fourth-order valence-corrected chi connectivity index (χ4v) is 4.47. The van der Waals surface area contributed by atoms with E-state index in [1.165, 1.54) is 6.07 Å². The summed E-state index contributed by atoms with van der Waals surface area (Å²) in [5.74, 6) is 1.73. The zero-order valence-electron chi connectivity index (χ0n) is 15.5. The van der Waals surface area contributed by atoms with E-state index in [4.69, 9.17) is 4.74 Å². The Balaban J connectivity index is 1.29. The number of aliphatic hydroxyl groups is 1. The lowest BCUT2D eigenvalue weighted by Gasteiger charge is -2.22. The van der Waals surface area contributed by atoms with Crippen LogP contribution in [0.15, 0.2) is 42.5 Å². The predicted octanol–water partition coefficient (Wildman–Crippen LogP) is 3.66. The minimum atomic E-state index is -0.549. The summed E-state index contributed by atoms with van der Waals surface area (Å²) in [6.07, 6.45) is 1.55. The number of ether oxygens (including phenoxy) is 1. The molecule has 2 aromatic carbocycles. The highest BCUT2D eigenvalue weighted by molar-refractivity contribution is 5.29. The number of hydrogen-bond acceptors (Lipinski definition) is 4. The molecule has 4 rings (SSSR count). The first-order valence-corrected chi connectivity index (χ1v) is 9.60. The molecule has 2 N–H and O–H groups in total. The smallest absolute Gasteiger partial charge is 0.129 e. The molecule has 1 aliphatic carbocycles. The third-order valence-corrected chi connectivity index (χ3v) is 5.94. The number of likely N-dealkylation sites (tertiary alicyclic amines) is 1. The van der Waals surface area contributed by atoms with Gasteiger partial charge in [0.15, 0.2) is 0 Å². The Morgan fingerprint density at radius 1 is 1.11 bits per heavy atom. The molecule has 1 heterocycles. The molecule has 0 radical (unpaired) electrons. The Morgan fingerprint density at radius 2 is 1.78 bits per heavy atom. The highest BCUT2D eigenvalue weighted by atomic mass is 19.1. The SMILES string of the molecule is Cc1ccc(O[C@H]2C[C@@H]3CN(CC(O)c4ccc(O)cc4)C[C@@H]3C2)cc1F. The van der Waals surface area contributed by atoms with E-state index in [2.05, 4.69) is 4.90 Å². The first-order valence-electron chi connectivity index (χ1n) is 9.60. The quantitative estimate of drug-likeness (QED) is 0.842. The van der Waals surface area contributed by atoms with Gasteiger partial charge in [0.2, 0.25) is 0 Å². The van der Waals surface area contributed by atoms with Gasteiger partial charge in [-0.2, -0.15) is 0 Å². The van der Waals surface area contributed by atoms with E-state index in [9.17, 15) is 14.6 Å². The van der Waals surface area contributed by atoms with Gasteiger partial charge < -0.3 is 14.9 Å². The molecule has 0 bridgehead atoms. The van der Waals surface area contributed by atoms with Gasteiger partial charge in [-0.1, -0.05) is 18.2 Å².